The molecule has 3 aromatic rings. The summed E-state index contributed by atoms with van der Waals surface area (Å²) in [7, 11) is -8.19. The number of sulfonamides is 2. The Morgan fingerprint density at radius 1 is 1.02 bits per heavy atom. The van der Waals surface area contributed by atoms with Gasteiger partial charge in [-0.25, -0.2) is 16.8 Å². The van der Waals surface area contributed by atoms with Gasteiger partial charge in [-0.3, -0.25) is 14.3 Å². The highest BCUT2D eigenvalue weighted by molar-refractivity contribution is 7.92. The largest absolute Gasteiger partial charge is 0.480 e. The number of carbonyl (C=O) groups excluding carboxylic acids is 1. The molecule has 1 amide bonds. The molecule has 0 fully saturated rings. The van der Waals surface area contributed by atoms with E-state index in [1.807, 2.05) is 30.3 Å². The minimum Gasteiger partial charge on any atom is -0.480 e. The molecule has 218 valence electrons. The van der Waals surface area contributed by atoms with Crippen molar-refractivity contribution in [2.24, 2.45) is 5.92 Å². The van der Waals surface area contributed by atoms with Gasteiger partial charge in [-0.1, -0.05) is 62.4 Å². The molecule has 0 saturated heterocycles. The molecule has 41 heavy (non-hydrogen) atoms. The van der Waals surface area contributed by atoms with Crippen LogP contribution in [0, 0.1) is 12.8 Å². The Kier molecular flexibility index (Phi) is 8.16. The zero-order chi connectivity index (χ0) is 30.2. The molecule has 0 aliphatic heterocycles. The Labute approximate surface area is 238 Å². The molecule has 1 aromatic heterocycles. The van der Waals surface area contributed by atoms with Crippen molar-refractivity contribution >= 4 is 54.2 Å². The second-order valence-electron chi connectivity index (χ2n) is 10.2. The zero-order valence-corrected chi connectivity index (χ0v) is 24.5. The summed E-state index contributed by atoms with van der Waals surface area (Å²) in [5.74, 6) is -3.05. The van der Waals surface area contributed by atoms with E-state index in [-0.39, 0.29) is 29.0 Å². The Morgan fingerprint density at radius 3 is 2.27 bits per heavy atom. The van der Waals surface area contributed by atoms with Gasteiger partial charge in [0.1, 0.15) is 11.6 Å². The summed E-state index contributed by atoms with van der Waals surface area (Å²) in [6, 6.07) is 12.4. The van der Waals surface area contributed by atoms with Gasteiger partial charge in [0.25, 0.3) is 5.91 Å². The first-order valence-corrected chi connectivity index (χ1v) is 16.0. The molecule has 1 aliphatic carbocycles. The van der Waals surface area contributed by atoms with Gasteiger partial charge < -0.3 is 14.8 Å². The van der Waals surface area contributed by atoms with Crippen molar-refractivity contribution in [1.29, 1.82) is 0 Å². The number of carboxylic acid groups (broad SMARTS) is 1. The second-order valence-corrected chi connectivity index (χ2v) is 13.9. The molecule has 11 nitrogen and oxygen atoms in total. The van der Waals surface area contributed by atoms with Crippen molar-refractivity contribution in [3.8, 4) is 0 Å². The van der Waals surface area contributed by atoms with Crippen LogP contribution in [0.15, 0.2) is 71.2 Å². The third kappa shape index (κ3) is 6.21. The fourth-order valence-corrected chi connectivity index (χ4v) is 6.89. The number of hydrogen-bond donors (Lipinski definition) is 4. The molecular formula is C28H31N3O8S2. The Bertz CT molecular complexity index is 1770. The summed E-state index contributed by atoms with van der Waals surface area (Å²) in [5.41, 5.74) is 2.26. The van der Waals surface area contributed by atoms with Crippen molar-refractivity contribution in [3.05, 3.63) is 83.6 Å². The number of amides is 1. The van der Waals surface area contributed by atoms with E-state index in [2.05, 4.69) is 14.8 Å². The fraction of sp³-hybridized carbons (Fsp3) is 0.286. The predicted molar refractivity (Wildman–Crippen MR) is 156 cm³/mol. The van der Waals surface area contributed by atoms with Crippen molar-refractivity contribution in [1.82, 2.24) is 10.0 Å². The number of aliphatic carboxylic acids is 1. The minimum atomic E-state index is -4.55. The van der Waals surface area contributed by atoms with Crippen molar-refractivity contribution < 1.29 is 35.9 Å². The second kappa shape index (κ2) is 11.1. The molecule has 4 rings (SSSR count). The van der Waals surface area contributed by atoms with Gasteiger partial charge in [-0.05, 0) is 42.2 Å². The van der Waals surface area contributed by atoms with Crippen molar-refractivity contribution in [2.45, 2.75) is 38.1 Å². The number of allylic oxidation sites excluding steroid dienone is 2. The standard InChI is InChI=1S/C28H31N3O8S2/c1-17(2)24(27(33)34)31-41(37,38)28(15-13-20(14-16-28)19-9-6-5-7-10-19)29-26(32)25-18(3)23-21(30-40(4,35)36)11-8-12-22(23)39-25/h5-15,17,24,30-31H,16H2,1-4H3,(H,29,32)(H,33,34)/t24-,28?/m1/s1. The highest BCUT2D eigenvalue weighted by Gasteiger charge is 2.46. The lowest BCUT2D eigenvalue weighted by Gasteiger charge is -2.34. The van der Waals surface area contributed by atoms with Crippen molar-refractivity contribution in [2.75, 3.05) is 11.0 Å². The first-order chi connectivity index (χ1) is 19.1. The van der Waals surface area contributed by atoms with E-state index >= 15 is 0 Å². The lowest BCUT2D eigenvalue weighted by molar-refractivity contribution is -0.140. The van der Waals surface area contributed by atoms with Crippen LogP contribution < -0.4 is 14.8 Å². The number of hydrogen-bond acceptors (Lipinski definition) is 7. The molecule has 0 spiro atoms. The highest BCUT2D eigenvalue weighted by Crippen LogP contribution is 2.35. The quantitative estimate of drug-likeness (QED) is 0.273. The number of nitrogens with one attached hydrogen (secondary N) is 3. The van der Waals surface area contributed by atoms with Gasteiger partial charge in [0, 0.05) is 17.4 Å². The fourth-order valence-electron chi connectivity index (χ4n) is 4.62. The van der Waals surface area contributed by atoms with E-state index in [0.717, 1.165) is 17.4 Å². The number of aryl methyl sites for hydroxylation is 1. The van der Waals surface area contributed by atoms with Crippen LogP contribution in [0.1, 0.15) is 41.9 Å². The first-order valence-electron chi connectivity index (χ1n) is 12.7. The number of benzene rings is 2. The van der Waals surface area contributed by atoms with E-state index in [1.165, 1.54) is 12.1 Å². The monoisotopic (exact) mass is 601 g/mol. The first kappa shape index (κ1) is 30.0. The molecule has 4 N–H and O–H groups in total. The Balaban J connectivity index is 1.77. The van der Waals surface area contributed by atoms with Gasteiger partial charge in [-0.2, -0.15) is 4.72 Å². The molecule has 1 aliphatic rings. The average molecular weight is 602 g/mol. The zero-order valence-electron chi connectivity index (χ0n) is 22.8. The molecule has 0 radical (unpaired) electrons. The van der Waals surface area contributed by atoms with Gasteiger partial charge in [0.05, 0.1) is 11.9 Å². The summed E-state index contributed by atoms with van der Waals surface area (Å²) < 4.78 is 61.8. The minimum absolute atomic E-state index is 0.198. The lowest BCUT2D eigenvalue weighted by atomic mass is 9.96. The maximum Gasteiger partial charge on any atom is 0.321 e. The van der Waals surface area contributed by atoms with Gasteiger partial charge >= 0.3 is 5.97 Å². The summed E-state index contributed by atoms with van der Waals surface area (Å²) in [4.78, 5) is 23.4. The number of carboxylic acids is 1. The number of anilines is 1. The number of rotatable bonds is 10. The summed E-state index contributed by atoms with van der Waals surface area (Å²) in [6.45, 7) is 4.68. The average Bonchev–Trinajstić information content (AvgIpc) is 3.24. The van der Waals surface area contributed by atoms with E-state index in [1.54, 1.807) is 45.1 Å². The Hall–Kier alpha value is -3.94. The highest BCUT2D eigenvalue weighted by atomic mass is 32.2. The van der Waals surface area contributed by atoms with Crippen LogP contribution in [0.25, 0.3) is 16.5 Å². The van der Waals surface area contributed by atoms with Crippen LogP contribution in [-0.4, -0.2) is 51.0 Å². The van der Waals surface area contributed by atoms with E-state index in [9.17, 15) is 31.5 Å². The molecule has 13 heteroatoms. The van der Waals surface area contributed by atoms with Gasteiger partial charge in [-0.15, -0.1) is 0 Å². The number of carbonyl (C=O) groups is 2. The third-order valence-electron chi connectivity index (χ3n) is 6.74. The molecule has 1 unspecified atom stereocenters. The van der Waals surface area contributed by atoms with Crippen LogP contribution in [0.5, 0.6) is 0 Å². The molecule has 0 bridgehead atoms. The molecule has 2 atom stereocenters. The summed E-state index contributed by atoms with van der Waals surface area (Å²) in [5, 5.41) is 12.6. The van der Waals surface area contributed by atoms with E-state index in [4.69, 9.17) is 4.42 Å². The number of fused-ring (bicyclic) bond motifs is 1. The third-order valence-corrected chi connectivity index (χ3v) is 9.26. The van der Waals surface area contributed by atoms with Crippen LogP contribution in [-0.2, 0) is 24.8 Å². The van der Waals surface area contributed by atoms with Crippen molar-refractivity contribution in [3.63, 3.8) is 0 Å². The maximum absolute atomic E-state index is 13.8. The smallest absolute Gasteiger partial charge is 0.321 e. The molecule has 1 heterocycles. The van der Waals surface area contributed by atoms with Gasteiger partial charge in [0.15, 0.2) is 10.6 Å². The number of furan rings is 1. The summed E-state index contributed by atoms with van der Waals surface area (Å²) >= 11 is 0. The molecule has 2 aromatic carbocycles. The molecular weight excluding hydrogens is 570 g/mol. The lowest BCUT2D eigenvalue weighted by Crippen LogP contribution is -2.60. The maximum atomic E-state index is 13.8. The van der Waals surface area contributed by atoms with Crippen LogP contribution in [0.2, 0.25) is 0 Å². The van der Waals surface area contributed by atoms with Crippen LogP contribution >= 0.6 is 0 Å². The normalized spacial score (nSPS) is 18.2. The SMILES string of the molecule is Cc1c(C(=O)NC2(S(=O)(=O)N[C@@H](C(=O)O)C(C)C)C=CC(c3ccccc3)=CC2)oc2cccc(NS(C)(=O)=O)c12. The summed E-state index contributed by atoms with van der Waals surface area (Å²) in [6.07, 6.45) is 5.32. The Morgan fingerprint density at radius 2 is 1.71 bits per heavy atom. The molecule has 0 saturated carbocycles. The van der Waals surface area contributed by atoms with Crippen LogP contribution in [0.3, 0.4) is 0 Å². The van der Waals surface area contributed by atoms with Gasteiger partial charge in [0.2, 0.25) is 20.0 Å². The predicted octanol–water partition coefficient (Wildman–Crippen LogP) is 3.61. The van der Waals surface area contributed by atoms with E-state index < -0.39 is 48.8 Å². The van der Waals surface area contributed by atoms with E-state index in [0.29, 0.717) is 5.39 Å². The van der Waals surface area contributed by atoms with Crippen LogP contribution in [0.4, 0.5) is 5.69 Å². The topological polar surface area (TPSA) is 172 Å².